The van der Waals surface area contributed by atoms with E-state index >= 15 is 0 Å². The number of nitrogens with zero attached hydrogens (tertiary/aromatic N) is 4. The summed E-state index contributed by atoms with van der Waals surface area (Å²) in [5, 5.41) is 5.03. The smallest absolute Gasteiger partial charge is 0.252 e. The Morgan fingerprint density at radius 3 is 2.78 bits per heavy atom. The summed E-state index contributed by atoms with van der Waals surface area (Å²) in [6, 6.07) is 0. The fourth-order valence-electron chi connectivity index (χ4n) is 1.83. The van der Waals surface area contributed by atoms with Gasteiger partial charge in [0, 0.05) is 32.2 Å². The monoisotopic (exact) mass is 286 g/mol. The van der Waals surface area contributed by atoms with Gasteiger partial charge in [-0.1, -0.05) is 23.5 Å². The van der Waals surface area contributed by atoms with E-state index in [4.69, 9.17) is 0 Å². The van der Waals surface area contributed by atoms with E-state index in [-0.39, 0.29) is 16.3 Å². The highest BCUT2D eigenvalue weighted by Crippen LogP contribution is 2.27. The molecule has 1 saturated heterocycles. The first-order valence-electron chi connectivity index (χ1n) is 5.44. The molecule has 1 aliphatic rings. The summed E-state index contributed by atoms with van der Waals surface area (Å²) in [6.45, 7) is 2.02. The van der Waals surface area contributed by atoms with Crippen molar-refractivity contribution in [3.05, 3.63) is 0 Å². The minimum absolute atomic E-state index is 0.0107. The van der Waals surface area contributed by atoms with Crippen molar-refractivity contribution >= 4 is 40.5 Å². The van der Waals surface area contributed by atoms with E-state index in [0.29, 0.717) is 18.9 Å². The molecule has 1 unspecified atom stereocenters. The summed E-state index contributed by atoms with van der Waals surface area (Å²) in [5.74, 6) is 0.408. The summed E-state index contributed by atoms with van der Waals surface area (Å²) in [5.41, 5.74) is 0. The van der Waals surface area contributed by atoms with E-state index in [1.165, 1.54) is 30.4 Å². The number of carbonyl (C=O) groups is 2. The van der Waals surface area contributed by atoms with Gasteiger partial charge in [-0.2, -0.15) is 4.98 Å². The topological polar surface area (TPSA) is 68.1 Å². The maximum Gasteiger partial charge on any atom is 0.252 e. The molecule has 0 spiro atoms. The van der Waals surface area contributed by atoms with Gasteiger partial charge in [-0.05, 0) is 6.26 Å². The molecule has 1 aromatic rings. The van der Waals surface area contributed by atoms with Gasteiger partial charge in [0.1, 0.15) is 0 Å². The average molecular weight is 286 g/mol. The molecular formula is C10H14N4O2S2. The number of rotatable bonds is 3. The van der Waals surface area contributed by atoms with Crippen molar-refractivity contribution in [2.75, 3.05) is 17.7 Å². The molecule has 2 rings (SSSR count). The van der Waals surface area contributed by atoms with Gasteiger partial charge in [0.2, 0.25) is 5.91 Å². The minimum Gasteiger partial charge on any atom is -0.288 e. The molecule has 98 valence electrons. The molecule has 0 aromatic carbocycles. The van der Waals surface area contributed by atoms with Gasteiger partial charge in [-0.3, -0.25) is 14.5 Å². The number of hydrogen-bond donors (Lipinski definition) is 0. The van der Waals surface area contributed by atoms with Crippen LogP contribution in [0, 0.1) is 0 Å². The van der Waals surface area contributed by atoms with Crippen molar-refractivity contribution in [3.8, 4) is 0 Å². The summed E-state index contributed by atoms with van der Waals surface area (Å²) in [4.78, 5) is 28.8. The van der Waals surface area contributed by atoms with Crippen molar-refractivity contribution in [1.82, 2.24) is 14.8 Å². The lowest BCUT2D eigenvalue weighted by Gasteiger charge is -2.10. The van der Waals surface area contributed by atoms with Crippen molar-refractivity contribution in [2.45, 2.75) is 23.8 Å². The summed E-state index contributed by atoms with van der Waals surface area (Å²) < 4.78 is 1.65. The summed E-state index contributed by atoms with van der Waals surface area (Å²) >= 11 is 2.69. The Labute approximate surface area is 114 Å². The van der Waals surface area contributed by atoms with E-state index in [1.807, 2.05) is 6.26 Å². The molecule has 1 atom stereocenters. The molecule has 0 saturated carbocycles. The van der Waals surface area contributed by atoms with Gasteiger partial charge < -0.3 is 0 Å². The van der Waals surface area contributed by atoms with Gasteiger partial charge >= 0.3 is 0 Å². The minimum atomic E-state index is -0.0213. The lowest BCUT2D eigenvalue weighted by Crippen LogP contribution is -2.26. The van der Waals surface area contributed by atoms with E-state index in [0.717, 1.165) is 5.16 Å². The molecule has 1 fully saturated rings. The van der Waals surface area contributed by atoms with Crippen molar-refractivity contribution < 1.29 is 9.59 Å². The molecule has 1 amide bonds. The zero-order valence-electron chi connectivity index (χ0n) is 10.4. The zero-order chi connectivity index (χ0) is 13.3. The Balaban J connectivity index is 2.13. The van der Waals surface area contributed by atoms with Crippen LogP contribution in [0.5, 0.6) is 0 Å². The first-order valence-corrected chi connectivity index (χ1v) is 7.54. The number of hydrogen-bond acceptors (Lipinski definition) is 6. The highest BCUT2D eigenvalue weighted by atomic mass is 32.2. The molecule has 0 N–H and O–H groups in total. The number of anilines is 1. The van der Waals surface area contributed by atoms with Crippen LogP contribution in [0.4, 0.5) is 5.95 Å². The molecule has 18 heavy (non-hydrogen) atoms. The number of thioether (sulfide) groups is 2. The maximum atomic E-state index is 11.9. The van der Waals surface area contributed by atoms with E-state index < -0.39 is 0 Å². The molecule has 0 bridgehead atoms. The predicted molar refractivity (Wildman–Crippen MR) is 71.8 cm³/mol. The van der Waals surface area contributed by atoms with Crippen LogP contribution in [0.15, 0.2) is 5.16 Å². The van der Waals surface area contributed by atoms with Crippen LogP contribution in [-0.2, 0) is 16.6 Å². The van der Waals surface area contributed by atoms with E-state index in [2.05, 4.69) is 10.1 Å². The van der Waals surface area contributed by atoms with Crippen molar-refractivity contribution in [3.63, 3.8) is 0 Å². The SMILES string of the molecule is CSc1nc(N2CC(SC(C)=O)CC2=O)nn1C. The molecule has 6 nitrogen and oxygen atoms in total. The van der Waals surface area contributed by atoms with Crippen LogP contribution in [0.3, 0.4) is 0 Å². The van der Waals surface area contributed by atoms with Gasteiger partial charge in [0.25, 0.3) is 5.95 Å². The zero-order valence-corrected chi connectivity index (χ0v) is 12.0. The van der Waals surface area contributed by atoms with Crippen LogP contribution in [-0.4, -0.2) is 43.8 Å². The lowest BCUT2D eigenvalue weighted by atomic mass is 10.4. The normalized spacial score (nSPS) is 19.6. The molecule has 0 aliphatic carbocycles. The van der Waals surface area contributed by atoms with Gasteiger partial charge in [0.05, 0.1) is 0 Å². The molecular weight excluding hydrogens is 272 g/mol. The number of amides is 1. The number of aryl methyl sites for hydroxylation is 1. The molecule has 2 heterocycles. The predicted octanol–water partition coefficient (Wildman–Crippen LogP) is 0.922. The largest absolute Gasteiger partial charge is 0.288 e. The standard InChI is InChI=1S/C10H14N4O2S2/c1-6(15)18-7-4-8(16)14(5-7)9-11-10(17-3)13(2)12-9/h7H,4-5H2,1-3H3. The van der Waals surface area contributed by atoms with E-state index in [9.17, 15) is 9.59 Å². The van der Waals surface area contributed by atoms with Crippen LogP contribution >= 0.6 is 23.5 Å². The number of carbonyl (C=O) groups excluding carboxylic acids is 2. The highest BCUT2D eigenvalue weighted by molar-refractivity contribution is 8.14. The second kappa shape index (κ2) is 5.31. The fourth-order valence-corrected chi connectivity index (χ4v) is 3.23. The first kappa shape index (κ1) is 13.4. The molecule has 1 aliphatic heterocycles. The summed E-state index contributed by atoms with van der Waals surface area (Å²) in [7, 11) is 1.80. The third-order valence-electron chi connectivity index (χ3n) is 2.56. The van der Waals surface area contributed by atoms with E-state index in [1.54, 1.807) is 16.6 Å². The highest BCUT2D eigenvalue weighted by Gasteiger charge is 2.34. The Morgan fingerprint density at radius 2 is 2.22 bits per heavy atom. The van der Waals surface area contributed by atoms with Gasteiger partial charge in [-0.15, -0.1) is 5.10 Å². The van der Waals surface area contributed by atoms with Crippen molar-refractivity contribution in [1.29, 1.82) is 0 Å². The first-order chi connectivity index (χ1) is 8.51. The Morgan fingerprint density at radius 1 is 1.50 bits per heavy atom. The Kier molecular flexibility index (Phi) is 3.96. The van der Waals surface area contributed by atoms with Gasteiger partial charge in [0.15, 0.2) is 10.3 Å². The number of aromatic nitrogens is 3. The third kappa shape index (κ3) is 2.69. The second-order valence-corrected chi connectivity index (χ2v) is 6.21. The average Bonchev–Trinajstić information content (AvgIpc) is 2.81. The summed E-state index contributed by atoms with van der Waals surface area (Å²) in [6.07, 6.45) is 2.28. The van der Waals surface area contributed by atoms with Crippen LogP contribution < -0.4 is 4.90 Å². The molecule has 1 aromatic heterocycles. The fraction of sp³-hybridized carbons (Fsp3) is 0.600. The van der Waals surface area contributed by atoms with Gasteiger partial charge in [-0.25, -0.2) is 4.68 Å². The van der Waals surface area contributed by atoms with Crippen molar-refractivity contribution in [2.24, 2.45) is 7.05 Å². The second-order valence-electron chi connectivity index (χ2n) is 3.96. The quantitative estimate of drug-likeness (QED) is 0.770. The van der Waals surface area contributed by atoms with Crippen LogP contribution in [0.1, 0.15) is 13.3 Å². The third-order valence-corrected chi connectivity index (χ3v) is 4.26. The Bertz CT molecular complexity index is 488. The molecule has 0 radical (unpaired) electrons. The Hall–Kier alpha value is -1.02. The van der Waals surface area contributed by atoms with Crippen LogP contribution in [0.2, 0.25) is 0 Å². The molecule has 8 heteroatoms. The van der Waals surface area contributed by atoms with Crippen LogP contribution in [0.25, 0.3) is 0 Å². The lowest BCUT2D eigenvalue weighted by molar-refractivity contribution is -0.117. The maximum absolute atomic E-state index is 11.9.